The van der Waals surface area contributed by atoms with E-state index < -0.39 is 11.7 Å². The lowest BCUT2D eigenvalue weighted by molar-refractivity contribution is -0.137. The number of hydrogen-bond donors (Lipinski definition) is 3. The van der Waals surface area contributed by atoms with Crippen LogP contribution in [0.15, 0.2) is 73.1 Å². The fourth-order valence-electron chi connectivity index (χ4n) is 3.63. The monoisotopic (exact) mass is 456 g/mol. The third-order valence-electron chi connectivity index (χ3n) is 5.32. The van der Waals surface area contributed by atoms with E-state index in [0.717, 1.165) is 44.2 Å². The number of rotatable bonds is 7. The molecule has 4 nitrogen and oxygen atoms in total. The van der Waals surface area contributed by atoms with Crippen molar-refractivity contribution in [2.24, 2.45) is 5.73 Å². The van der Waals surface area contributed by atoms with Crippen molar-refractivity contribution in [2.45, 2.75) is 25.1 Å². The van der Waals surface area contributed by atoms with Crippen molar-refractivity contribution in [3.8, 4) is 10.4 Å². The van der Waals surface area contributed by atoms with Crippen LogP contribution in [-0.2, 0) is 6.18 Å². The van der Waals surface area contributed by atoms with E-state index in [-0.39, 0.29) is 12.0 Å². The van der Waals surface area contributed by atoms with Crippen LogP contribution in [0.3, 0.4) is 0 Å². The summed E-state index contributed by atoms with van der Waals surface area (Å²) >= 11 is 1.53. The predicted molar refractivity (Wildman–Crippen MR) is 125 cm³/mol. The molecule has 0 unspecified atom stereocenters. The summed E-state index contributed by atoms with van der Waals surface area (Å²) in [6.07, 6.45) is 3.15. The summed E-state index contributed by atoms with van der Waals surface area (Å²) in [5.74, 6) is -0.217. The molecule has 4 aromatic rings. The van der Waals surface area contributed by atoms with E-state index in [4.69, 9.17) is 5.73 Å². The van der Waals surface area contributed by atoms with Crippen LogP contribution in [0.25, 0.3) is 21.3 Å². The minimum atomic E-state index is -4.35. The summed E-state index contributed by atoms with van der Waals surface area (Å²) < 4.78 is 38.6. The van der Waals surface area contributed by atoms with Crippen LogP contribution in [0.4, 0.5) is 18.3 Å². The Hall–Kier alpha value is -3.10. The van der Waals surface area contributed by atoms with E-state index in [1.54, 1.807) is 0 Å². The molecule has 4 rings (SSSR count). The van der Waals surface area contributed by atoms with Crippen molar-refractivity contribution in [1.29, 1.82) is 0 Å². The first-order chi connectivity index (χ1) is 15.3. The van der Waals surface area contributed by atoms with Crippen molar-refractivity contribution in [1.82, 2.24) is 9.97 Å². The number of halogens is 3. The zero-order valence-corrected chi connectivity index (χ0v) is 18.2. The molecule has 2 atom stereocenters. The summed E-state index contributed by atoms with van der Waals surface area (Å²) in [5.41, 5.74) is 8.66. The van der Waals surface area contributed by atoms with Gasteiger partial charge >= 0.3 is 6.18 Å². The molecule has 8 heteroatoms. The number of fused-ring (bicyclic) bond motifs is 1. The fraction of sp³-hybridized carbons (Fsp3) is 0.208. The minimum Gasteiger partial charge on any atom is -0.361 e. The van der Waals surface area contributed by atoms with Gasteiger partial charge in [-0.3, -0.25) is 0 Å². The van der Waals surface area contributed by atoms with Crippen LogP contribution in [-0.4, -0.2) is 22.6 Å². The number of anilines is 1. The van der Waals surface area contributed by atoms with Crippen molar-refractivity contribution >= 4 is 27.4 Å². The number of nitrogens with one attached hydrogen (secondary N) is 2. The molecule has 2 aromatic heterocycles. The summed E-state index contributed by atoms with van der Waals surface area (Å²) in [6.45, 7) is 2.30. The molecule has 0 saturated carbocycles. The molecule has 0 aliphatic rings. The van der Waals surface area contributed by atoms with Crippen molar-refractivity contribution in [3.63, 3.8) is 0 Å². The summed E-state index contributed by atoms with van der Waals surface area (Å²) in [6, 6.07) is 13.1. The maximum Gasteiger partial charge on any atom is 0.416 e. The van der Waals surface area contributed by atoms with Gasteiger partial charge < -0.3 is 16.0 Å². The third kappa shape index (κ3) is 4.87. The second-order valence-corrected chi connectivity index (χ2v) is 8.56. The Kier molecular flexibility index (Phi) is 6.34. The maximum atomic E-state index is 12.9. The molecule has 0 amide bonds. The lowest BCUT2D eigenvalue weighted by atomic mass is 9.90. The van der Waals surface area contributed by atoms with Gasteiger partial charge in [-0.1, -0.05) is 41.7 Å². The van der Waals surface area contributed by atoms with Crippen LogP contribution < -0.4 is 11.1 Å². The Labute approximate surface area is 188 Å². The van der Waals surface area contributed by atoms with E-state index in [9.17, 15) is 13.2 Å². The predicted octanol–water partition coefficient (Wildman–Crippen LogP) is 6.41. The number of thiazole rings is 1. The van der Waals surface area contributed by atoms with Crippen LogP contribution in [0.5, 0.6) is 0 Å². The number of benzene rings is 2. The van der Waals surface area contributed by atoms with Gasteiger partial charge in [0.05, 0.1) is 10.4 Å². The zero-order chi connectivity index (χ0) is 22.7. The van der Waals surface area contributed by atoms with Gasteiger partial charge in [0.1, 0.15) is 0 Å². The van der Waals surface area contributed by atoms with Crippen LogP contribution in [0, 0.1) is 0 Å². The Morgan fingerprint density at radius 1 is 1.16 bits per heavy atom. The standard InChI is InChI=1S/C24H23F3N4S/c1-2-3-19(15-4-7-18(8-5-15)24(25,26)27)20(28)13-30-23-31-14-22(32-23)17-6-9-21-16(12-17)10-11-29-21/h2-12,14,19-20,29H,13,28H2,1H3,(H,30,31)/b3-2+/t19-,20+/m0/s1. The van der Waals surface area contributed by atoms with Crippen molar-refractivity contribution in [2.75, 3.05) is 11.9 Å². The minimum absolute atomic E-state index is 0.217. The van der Waals surface area contributed by atoms with Crippen LogP contribution >= 0.6 is 11.3 Å². The van der Waals surface area contributed by atoms with Crippen molar-refractivity contribution in [3.05, 3.63) is 84.2 Å². The molecule has 0 spiro atoms. The molecule has 0 radical (unpaired) electrons. The van der Waals surface area contributed by atoms with E-state index in [1.165, 1.54) is 23.5 Å². The fourth-order valence-corrected chi connectivity index (χ4v) is 4.45. The van der Waals surface area contributed by atoms with Gasteiger partial charge in [0.15, 0.2) is 5.13 Å². The molecule has 0 aliphatic carbocycles. The highest BCUT2D eigenvalue weighted by Gasteiger charge is 2.30. The Morgan fingerprint density at radius 3 is 2.66 bits per heavy atom. The van der Waals surface area contributed by atoms with Gasteiger partial charge in [0.25, 0.3) is 0 Å². The van der Waals surface area contributed by atoms with E-state index in [1.807, 2.05) is 43.6 Å². The molecule has 0 bridgehead atoms. The molecular formula is C24H23F3N4S. The number of H-pyrrole nitrogens is 1. The molecule has 4 N–H and O–H groups in total. The van der Waals surface area contributed by atoms with Gasteiger partial charge in [-0.2, -0.15) is 13.2 Å². The van der Waals surface area contributed by atoms with E-state index in [2.05, 4.69) is 27.4 Å². The smallest absolute Gasteiger partial charge is 0.361 e. The largest absolute Gasteiger partial charge is 0.416 e. The summed E-state index contributed by atoms with van der Waals surface area (Å²) in [5, 5.41) is 5.16. The normalized spacial score (nSPS) is 14.2. The maximum absolute atomic E-state index is 12.9. The molecule has 0 fully saturated rings. The number of nitrogens with zero attached hydrogens (tertiary/aromatic N) is 1. The summed E-state index contributed by atoms with van der Waals surface area (Å²) in [7, 11) is 0. The lowest BCUT2D eigenvalue weighted by Crippen LogP contribution is -2.34. The highest BCUT2D eigenvalue weighted by atomic mass is 32.1. The van der Waals surface area contributed by atoms with Gasteiger partial charge in [0.2, 0.25) is 0 Å². The molecule has 0 saturated heterocycles. The number of aromatic amines is 1. The van der Waals surface area contributed by atoms with Gasteiger partial charge in [-0.15, -0.1) is 0 Å². The first-order valence-electron chi connectivity index (χ1n) is 10.2. The Balaban J connectivity index is 1.44. The molecular weight excluding hydrogens is 433 g/mol. The molecule has 0 aliphatic heterocycles. The van der Waals surface area contributed by atoms with Gasteiger partial charge in [0, 0.05) is 36.4 Å². The van der Waals surface area contributed by atoms with Gasteiger partial charge in [-0.25, -0.2) is 4.98 Å². The number of hydrogen-bond acceptors (Lipinski definition) is 4. The lowest BCUT2D eigenvalue weighted by Gasteiger charge is -2.22. The zero-order valence-electron chi connectivity index (χ0n) is 17.4. The number of alkyl halides is 3. The van der Waals surface area contributed by atoms with Crippen LogP contribution in [0.2, 0.25) is 0 Å². The van der Waals surface area contributed by atoms with E-state index in [0.29, 0.717) is 6.54 Å². The van der Waals surface area contributed by atoms with Crippen molar-refractivity contribution < 1.29 is 13.2 Å². The van der Waals surface area contributed by atoms with E-state index >= 15 is 0 Å². The van der Waals surface area contributed by atoms with Crippen LogP contribution in [0.1, 0.15) is 24.0 Å². The highest BCUT2D eigenvalue weighted by molar-refractivity contribution is 7.18. The quantitative estimate of drug-likeness (QED) is 0.282. The number of aromatic nitrogens is 2. The van der Waals surface area contributed by atoms with Gasteiger partial charge in [-0.05, 0) is 53.8 Å². The molecule has 32 heavy (non-hydrogen) atoms. The SMILES string of the molecule is C/C=C/[C@@H](c1ccc(C(F)(F)F)cc1)[C@H](N)CNc1ncc(-c2ccc3[nH]ccc3c2)s1. The second kappa shape index (κ2) is 9.18. The summed E-state index contributed by atoms with van der Waals surface area (Å²) in [4.78, 5) is 8.67. The molecule has 2 heterocycles. The molecule has 166 valence electrons. The first-order valence-corrected chi connectivity index (χ1v) is 11.0. The third-order valence-corrected chi connectivity index (χ3v) is 6.32. The number of nitrogens with two attached hydrogens (primary N) is 1. The number of allylic oxidation sites excluding steroid dienone is 1. The Morgan fingerprint density at radius 2 is 1.94 bits per heavy atom. The first kappa shape index (κ1) is 22.1. The topological polar surface area (TPSA) is 66.7 Å². The average molecular weight is 457 g/mol. The Bertz CT molecular complexity index is 1210. The second-order valence-electron chi connectivity index (χ2n) is 7.53. The highest BCUT2D eigenvalue weighted by Crippen LogP contribution is 2.32. The average Bonchev–Trinajstić information content (AvgIpc) is 3.44. The molecule has 2 aromatic carbocycles.